The third-order valence-corrected chi connectivity index (χ3v) is 6.45. The maximum atomic E-state index is 12.2. The molecule has 0 atom stereocenters. The van der Waals surface area contributed by atoms with Crippen molar-refractivity contribution in [3.63, 3.8) is 0 Å². The Morgan fingerprint density at radius 1 is 0.972 bits per heavy atom. The first-order valence-corrected chi connectivity index (χ1v) is 11.9. The number of hydrogen-bond donors (Lipinski definition) is 2. The molecule has 10 nitrogen and oxygen atoms in total. The van der Waals surface area contributed by atoms with E-state index in [9.17, 15) is 4.79 Å². The highest BCUT2D eigenvalue weighted by Crippen LogP contribution is 2.34. The van der Waals surface area contributed by atoms with Crippen LogP contribution in [0.5, 0.6) is 5.75 Å². The van der Waals surface area contributed by atoms with E-state index in [1.165, 1.54) is 16.2 Å². The van der Waals surface area contributed by atoms with Gasteiger partial charge in [0.1, 0.15) is 11.6 Å². The molecule has 1 saturated heterocycles. The van der Waals surface area contributed by atoms with E-state index in [4.69, 9.17) is 4.74 Å². The minimum absolute atomic E-state index is 0.0710. The van der Waals surface area contributed by atoms with E-state index in [0.717, 1.165) is 37.4 Å². The van der Waals surface area contributed by atoms with Gasteiger partial charge in [0.15, 0.2) is 17.3 Å². The third-order valence-electron chi connectivity index (χ3n) is 6.45. The summed E-state index contributed by atoms with van der Waals surface area (Å²) >= 11 is 0. The van der Waals surface area contributed by atoms with Gasteiger partial charge in [0.2, 0.25) is 5.95 Å². The molecule has 10 heteroatoms. The van der Waals surface area contributed by atoms with Gasteiger partial charge in [-0.1, -0.05) is 6.58 Å². The minimum atomic E-state index is -0.328. The molecule has 0 saturated carbocycles. The number of piperazine rings is 1. The van der Waals surface area contributed by atoms with Gasteiger partial charge in [-0.15, -0.1) is 0 Å². The van der Waals surface area contributed by atoms with E-state index >= 15 is 0 Å². The van der Waals surface area contributed by atoms with E-state index in [-0.39, 0.29) is 11.7 Å². The van der Waals surface area contributed by atoms with Crippen LogP contribution in [0.25, 0.3) is 0 Å². The molecular weight excluding hydrogens is 456 g/mol. The molecule has 3 aromatic rings. The van der Waals surface area contributed by atoms with Crippen molar-refractivity contribution >= 4 is 40.7 Å². The number of hydrogen-bond acceptors (Lipinski definition) is 9. The second-order valence-corrected chi connectivity index (χ2v) is 9.17. The highest BCUT2D eigenvalue weighted by Gasteiger charge is 2.27. The van der Waals surface area contributed by atoms with E-state index in [1.54, 1.807) is 25.4 Å². The smallest absolute Gasteiger partial charge is 0.294 e. The first kappa shape index (κ1) is 23.6. The van der Waals surface area contributed by atoms with Gasteiger partial charge in [0.25, 0.3) is 5.91 Å². The molecule has 4 heterocycles. The van der Waals surface area contributed by atoms with Crippen LogP contribution in [0.1, 0.15) is 11.1 Å². The monoisotopic (exact) mass is 486 g/mol. The van der Waals surface area contributed by atoms with Crippen LogP contribution in [-0.2, 0) is 4.79 Å². The van der Waals surface area contributed by atoms with Crippen molar-refractivity contribution in [3.8, 4) is 5.75 Å². The van der Waals surface area contributed by atoms with Gasteiger partial charge >= 0.3 is 0 Å². The lowest BCUT2D eigenvalue weighted by molar-refractivity contribution is -0.117. The van der Waals surface area contributed by atoms with E-state index in [2.05, 4.69) is 74.1 Å². The molecule has 0 unspecified atom stereocenters. The van der Waals surface area contributed by atoms with Crippen molar-refractivity contribution in [2.75, 3.05) is 60.7 Å². The molecule has 186 valence electrons. The van der Waals surface area contributed by atoms with Gasteiger partial charge in [-0.05, 0) is 56.8 Å². The van der Waals surface area contributed by atoms with Crippen LogP contribution in [0.2, 0.25) is 0 Å². The molecule has 0 bridgehead atoms. The molecule has 2 N–H and O–H groups in total. The van der Waals surface area contributed by atoms with E-state index in [0.29, 0.717) is 29.2 Å². The Labute approximate surface area is 210 Å². The summed E-state index contributed by atoms with van der Waals surface area (Å²) in [5, 5.41) is 6.54. The summed E-state index contributed by atoms with van der Waals surface area (Å²) in [7, 11) is 3.80. The van der Waals surface area contributed by atoms with Gasteiger partial charge in [0.05, 0.1) is 0 Å². The summed E-state index contributed by atoms with van der Waals surface area (Å²) in [4.78, 5) is 32.0. The van der Waals surface area contributed by atoms with Crippen molar-refractivity contribution in [3.05, 3.63) is 60.0 Å². The van der Waals surface area contributed by atoms with Crippen molar-refractivity contribution in [2.24, 2.45) is 0 Å². The largest absolute Gasteiger partial charge is 0.448 e. The average Bonchev–Trinajstić information content (AvgIpc) is 2.86. The number of carbonyl (C=O) groups is 1. The van der Waals surface area contributed by atoms with Crippen molar-refractivity contribution in [1.82, 2.24) is 19.9 Å². The number of benzene rings is 1. The molecular formula is C26H30N8O2. The summed E-state index contributed by atoms with van der Waals surface area (Å²) in [5.74, 6) is 2.25. The highest BCUT2D eigenvalue weighted by atomic mass is 16.5. The van der Waals surface area contributed by atoms with Gasteiger partial charge in [-0.25, -0.2) is 9.97 Å². The predicted octanol–water partition coefficient (Wildman–Crippen LogP) is 3.60. The molecule has 0 aliphatic carbocycles. The number of anilines is 6. The zero-order valence-electron chi connectivity index (χ0n) is 21.0. The average molecular weight is 487 g/mol. The zero-order chi connectivity index (χ0) is 25.4. The van der Waals surface area contributed by atoms with Crippen LogP contribution in [0.15, 0.2) is 48.9 Å². The first-order valence-electron chi connectivity index (χ1n) is 11.9. The second kappa shape index (κ2) is 9.46. The number of aryl methyl sites for hydroxylation is 2. The molecule has 2 aromatic heterocycles. The van der Waals surface area contributed by atoms with Crippen molar-refractivity contribution < 1.29 is 9.53 Å². The maximum absolute atomic E-state index is 12.2. The number of likely N-dealkylation sites (N-methyl/N-ethyl adjacent to an activating group) is 2. The predicted molar refractivity (Wildman–Crippen MR) is 142 cm³/mol. The first-order chi connectivity index (χ1) is 17.3. The van der Waals surface area contributed by atoms with Gasteiger partial charge < -0.3 is 25.2 Å². The number of nitrogens with zero attached hydrogens (tertiary/aromatic N) is 6. The number of aromatic nitrogens is 3. The quantitative estimate of drug-likeness (QED) is 0.524. The molecule has 0 radical (unpaired) electrons. The fourth-order valence-corrected chi connectivity index (χ4v) is 4.30. The lowest BCUT2D eigenvalue weighted by Gasteiger charge is -2.35. The van der Waals surface area contributed by atoms with Crippen LogP contribution in [0.3, 0.4) is 0 Å². The second-order valence-electron chi connectivity index (χ2n) is 9.17. The Balaban J connectivity index is 1.32. The molecule has 2 aliphatic rings. The Morgan fingerprint density at radius 3 is 2.50 bits per heavy atom. The highest BCUT2D eigenvalue weighted by molar-refractivity contribution is 6.06. The fraction of sp³-hybridized carbons (Fsp3) is 0.308. The Bertz CT molecular complexity index is 1330. The molecule has 1 aromatic carbocycles. The van der Waals surface area contributed by atoms with Crippen LogP contribution in [-0.4, -0.2) is 66.0 Å². The normalized spacial score (nSPS) is 16.0. The van der Waals surface area contributed by atoms with Crippen LogP contribution >= 0.6 is 0 Å². The van der Waals surface area contributed by atoms with Gasteiger partial charge in [0, 0.05) is 56.4 Å². The number of carbonyl (C=O) groups excluding carboxylic acids is 1. The standard InChI is InChI=1S/C26H30N8O2/c1-16-14-19(6-7-20(16)34-12-10-32(4)11-13-34)28-26-27-15-17(2)23(31-26)29-22-9-8-21-24(30-22)33(5)25(35)18(3)36-21/h6-9,14-15H,3,10-13H2,1-2,4-5H3,(H2,27,28,29,30,31). The Kier molecular flexibility index (Phi) is 6.19. The number of ether oxygens (including phenoxy) is 1. The zero-order valence-corrected chi connectivity index (χ0v) is 21.0. The van der Waals surface area contributed by atoms with E-state index in [1.807, 2.05) is 6.92 Å². The molecule has 2 aliphatic heterocycles. The number of rotatable bonds is 5. The molecule has 5 rings (SSSR count). The lowest BCUT2D eigenvalue weighted by atomic mass is 10.1. The summed E-state index contributed by atoms with van der Waals surface area (Å²) in [5.41, 5.74) is 4.24. The van der Waals surface area contributed by atoms with Gasteiger partial charge in [-0.2, -0.15) is 4.98 Å². The van der Waals surface area contributed by atoms with Crippen molar-refractivity contribution in [2.45, 2.75) is 13.8 Å². The van der Waals surface area contributed by atoms with Crippen LogP contribution < -0.4 is 25.2 Å². The SMILES string of the molecule is C=C1Oc2ccc(Nc3nc(Nc4ccc(N5CCN(C)CC5)c(C)c4)ncc3C)nc2N(C)C1=O. The number of pyridine rings is 1. The number of amides is 1. The number of fused-ring (bicyclic) bond motifs is 1. The van der Waals surface area contributed by atoms with E-state index < -0.39 is 0 Å². The summed E-state index contributed by atoms with van der Waals surface area (Å²) in [6.45, 7) is 11.9. The maximum Gasteiger partial charge on any atom is 0.294 e. The fourth-order valence-electron chi connectivity index (χ4n) is 4.30. The Hall–Kier alpha value is -4.18. The molecule has 1 fully saturated rings. The van der Waals surface area contributed by atoms with Gasteiger partial charge in [-0.3, -0.25) is 9.69 Å². The van der Waals surface area contributed by atoms with Crippen LogP contribution in [0, 0.1) is 13.8 Å². The summed E-state index contributed by atoms with van der Waals surface area (Å²) < 4.78 is 5.47. The van der Waals surface area contributed by atoms with Crippen molar-refractivity contribution in [1.29, 1.82) is 0 Å². The topological polar surface area (TPSA) is 98.8 Å². The number of nitrogens with one attached hydrogen (secondary N) is 2. The minimum Gasteiger partial charge on any atom is -0.448 e. The molecule has 1 amide bonds. The lowest BCUT2D eigenvalue weighted by Crippen LogP contribution is -2.44. The third kappa shape index (κ3) is 4.67. The summed E-state index contributed by atoms with van der Waals surface area (Å²) in [6.07, 6.45) is 1.75. The van der Waals surface area contributed by atoms with Crippen LogP contribution in [0.4, 0.5) is 34.8 Å². The molecule has 0 spiro atoms. The Morgan fingerprint density at radius 2 is 1.75 bits per heavy atom. The molecule has 36 heavy (non-hydrogen) atoms. The summed E-state index contributed by atoms with van der Waals surface area (Å²) in [6, 6.07) is 9.85.